The zero-order valence-electron chi connectivity index (χ0n) is 11.7. The summed E-state index contributed by atoms with van der Waals surface area (Å²) in [6.45, 7) is 0. The predicted octanol–water partition coefficient (Wildman–Crippen LogP) is 4.27. The number of non-ortho nitro benzene ring substituents is 1. The van der Waals surface area contributed by atoms with Gasteiger partial charge in [-0.3, -0.25) is 10.1 Å². The summed E-state index contributed by atoms with van der Waals surface area (Å²) in [5.41, 5.74) is 2.72. The molecule has 0 fully saturated rings. The van der Waals surface area contributed by atoms with Gasteiger partial charge in [0, 0.05) is 30.2 Å². The lowest BCUT2D eigenvalue weighted by molar-refractivity contribution is -0.384. The molecule has 110 valence electrons. The Balaban J connectivity index is 2.47. The SMILES string of the molecule is COc1ccccc1N(C)c1ccc([N+](=O)[O-])cc1CBr. The Hall–Kier alpha value is -2.08. The van der Waals surface area contributed by atoms with Crippen molar-refractivity contribution < 1.29 is 9.66 Å². The van der Waals surface area contributed by atoms with Crippen LogP contribution < -0.4 is 9.64 Å². The first-order valence-electron chi connectivity index (χ1n) is 6.28. The van der Waals surface area contributed by atoms with E-state index in [0.717, 1.165) is 22.7 Å². The fourth-order valence-corrected chi connectivity index (χ4v) is 2.61. The van der Waals surface area contributed by atoms with Crippen molar-refractivity contribution in [2.24, 2.45) is 0 Å². The number of para-hydroxylation sites is 2. The number of hydrogen-bond acceptors (Lipinski definition) is 4. The van der Waals surface area contributed by atoms with Crippen molar-refractivity contribution >= 4 is 33.0 Å². The predicted molar refractivity (Wildman–Crippen MR) is 86.8 cm³/mol. The second-order valence-electron chi connectivity index (χ2n) is 4.43. The number of nitro benzene ring substituents is 1. The van der Waals surface area contributed by atoms with Gasteiger partial charge in [0.1, 0.15) is 5.75 Å². The Morgan fingerprint density at radius 2 is 1.95 bits per heavy atom. The van der Waals surface area contributed by atoms with Crippen molar-refractivity contribution in [3.05, 3.63) is 58.1 Å². The number of hydrogen-bond donors (Lipinski definition) is 0. The van der Waals surface area contributed by atoms with Crippen LogP contribution in [0.2, 0.25) is 0 Å². The van der Waals surface area contributed by atoms with Crippen molar-refractivity contribution in [3.8, 4) is 5.75 Å². The molecular weight excluding hydrogens is 336 g/mol. The van der Waals surface area contributed by atoms with Gasteiger partial charge < -0.3 is 9.64 Å². The van der Waals surface area contributed by atoms with Crippen molar-refractivity contribution in [2.75, 3.05) is 19.1 Å². The number of benzene rings is 2. The van der Waals surface area contributed by atoms with Gasteiger partial charge in [0.15, 0.2) is 0 Å². The molecule has 2 aromatic rings. The lowest BCUT2D eigenvalue weighted by atomic mass is 10.1. The van der Waals surface area contributed by atoms with E-state index in [1.54, 1.807) is 19.2 Å². The van der Waals surface area contributed by atoms with Crippen LogP contribution in [0.25, 0.3) is 0 Å². The molecule has 0 saturated heterocycles. The van der Waals surface area contributed by atoms with Crippen molar-refractivity contribution in [1.29, 1.82) is 0 Å². The maximum absolute atomic E-state index is 10.9. The van der Waals surface area contributed by atoms with Crippen molar-refractivity contribution in [1.82, 2.24) is 0 Å². The van der Waals surface area contributed by atoms with E-state index in [1.165, 1.54) is 6.07 Å². The van der Waals surface area contributed by atoms with Gasteiger partial charge in [-0.1, -0.05) is 28.1 Å². The Morgan fingerprint density at radius 3 is 2.57 bits per heavy atom. The zero-order chi connectivity index (χ0) is 15.4. The first kappa shape index (κ1) is 15.3. The molecule has 0 unspecified atom stereocenters. The Morgan fingerprint density at radius 1 is 1.24 bits per heavy atom. The lowest BCUT2D eigenvalue weighted by Gasteiger charge is -2.23. The Bertz CT molecular complexity index is 661. The number of rotatable bonds is 5. The molecular formula is C15H15BrN2O3. The summed E-state index contributed by atoms with van der Waals surface area (Å²) in [4.78, 5) is 12.4. The molecule has 2 rings (SSSR count). The molecule has 6 heteroatoms. The van der Waals surface area contributed by atoms with E-state index < -0.39 is 0 Å². The highest BCUT2D eigenvalue weighted by atomic mass is 79.9. The van der Waals surface area contributed by atoms with Crippen LogP contribution in [-0.2, 0) is 5.33 Å². The van der Waals surface area contributed by atoms with E-state index in [4.69, 9.17) is 4.74 Å². The highest BCUT2D eigenvalue weighted by molar-refractivity contribution is 9.08. The average Bonchev–Trinajstić information content (AvgIpc) is 2.53. The summed E-state index contributed by atoms with van der Waals surface area (Å²) < 4.78 is 5.36. The summed E-state index contributed by atoms with van der Waals surface area (Å²) in [6, 6.07) is 12.5. The van der Waals surface area contributed by atoms with Gasteiger partial charge in [0.2, 0.25) is 0 Å². The molecule has 0 aliphatic heterocycles. The second kappa shape index (κ2) is 6.58. The molecule has 0 aliphatic carbocycles. The van der Waals surface area contributed by atoms with Gasteiger partial charge in [0.05, 0.1) is 17.7 Å². The minimum absolute atomic E-state index is 0.0848. The zero-order valence-corrected chi connectivity index (χ0v) is 13.3. The summed E-state index contributed by atoms with van der Waals surface area (Å²) in [5, 5.41) is 11.4. The van der Waals surface area contributed by atoms with Crippen LogP contribution in [0.4, 0.5) is 17.1 Å². The Labute approximate surface area is 131 Å². The quantitative estimate of drug-likeness (QED) is 0.459. The third-order valence-corrected chi connectivity index (χ3v) is 3.83. The number of alkyl halides is 1. The van der Waals surface area contributed by atoms with E-state index >= 15 is 0 Å². The number of anilines is 2. The molecule has 21 heavy (non-hydrogen) atoms. The molecule has 2 aromatic carbocycles. The maximum Gasteiger partial charge on any atom is 0.269 e. The van der Waals surface area contributed by atoms with Crippen LogP contribution in [0.15, 0.2) is 42.5 Å². The van der Waals surface area contributed by atoms with Gasteiger partial charge in [-0.25, -0.2) is 0 Å². The summed E-state index contributed by atoms with van der Waals surface area (Å²) in [6.07, 6.45) is 0. The Kier molecular flexibility index (Phi) is 4.80. The van der Waals surface area contributed by atoms with E-state index in [2.05, 4.69) is 15.9 Å². The highest BCUT2D eigenvalue weighted by Gasteiger charge is 2.16. The average molecular weight is 351 g/mol. The number of nitrogens with zero attached hydrogens (tertiary/aromatic N) is 2. The lowest BCUT2D eigenvalue weighted by Crippen LogP contribution is -2.12. The van der Waals surface area contributed by atoms with Crippen LogP contribution in [0.5, 0.6) is 5.75 Å². The van der Waals surface area contributed by atoms with E-state index in [0.29, 0.717) is 5.33 Å². The van der Waals surface area contributed by atoms with Gasteiger partial charge in [0.25, 0.3) is 5.69 Å². The van der Waals surface area contributed by atoms with Crippen LogP contribution in [0, 0.1) is 10.1 Å². The minimum atomic E-state index is -0.390. The van der Waals surface area contributed by atoms with Crippen LogP contribution >= 0.6 is 15.9 Å². The summed E-state index contributed by atoms with van der Waals surface area (Å²) >= 11 is 3.39. The first-order chi connectivity index (χ1) is 10.1. The van der Waals surface area contributed by atoms with E-state index in [9.17, 15) is 10.1 Å². The van der Waals surface area contributed by atoms with Crippen LogP contribution in [0.1, 0.15) is 5.56 Å². The monoisotopic (exact) mass is 350 g/mol. The number of halogens is 1. The second-order valence-corrected chi connectivity index (χ2v) is 5.00. The normalized spacial score (nSPS) is 10.2. The molecule has 0 amide bonds. The van der Waals surface area contributed by atoms with Gasteiger partial charge in [-0.05, 0) is 23.8 Å². The number of methoxy groups -OCH3 is 1. The van der Waals surface area contributed by atoms with Crippen molar-refractivity contribution in [2.45, 2.75) is 5.33 Å². The van der Waals surface area contributed by atoms with Gasteiger partial charge in [-0.15, -0.1) is 0 Å². The first-order valence-corrected chi connectivity index (χ1v) is 7.40. The molecule has 0 radical (unpaired) electrons. The molecule has 0 atom stereocenters. The molecule has 0 aliphatic rings. The van der Waals surface area contributed by atoms with Crippen LogP contribution in [-0.4, -0.2) is 19.1 Å². The number of nitro groups is 1. The largest absolute Gasteiger partial charge is 0.495 e. The van der Waals surface area contributed by atoms with E-state index in [-0.39, 0.29) is 10.6 Å². The van der Waals surface area contributed by atoms with Gasteiger partial charge >= 0.3 is 0 Å². The maximum atomic E-state index is 10.9. The fraction of sp³-hybridized carbons (Fsp3) is 0.200. The molecule has 0 aromatic heterocycles. The molecule has 0 bridgehead atoms. The number of ether oxygens (including phenoxy) is 1. The standard InChI is InChI=1S/C15H15BrN2O3/c1-17(14-5-3-4-6-15(14)21-2)13-8-7-12(18(19)20)9-11(13)10-16/h3-9H,10H2,1-2H3. The topological polar surface area (TPSA) is 55.6 Å². The van der Waals surface area contributed by atoms with Crippen molar-refractivity contribution in [3.63, 3.8) is 0 Å². The highest BCUT2D eigenvalue weighted by Crippen LogP contribution is 2.35. The molecule has 5 nitrogen and oxygen atoms in total. The molecule has 0 heterocycles. The fourth-order valence-electron chi connectivity index (χ4n) is 2.16. The summed E-state index contributed by atoms with van der Waals surface area (Å²) in [7, 11) is 3.53. The van der Waals surface area contributed by atoms with Gasteiger partial charge in [-0.2, -0.15) is 0 Å². The minimum Gasteiger partial charge on any atom is -0.495 e. The van der Waals surface area contributed by atoms with Crippen LogP contribution in [0.3, 0.4) is 0 Å². The molecule has 0 N–H and O–H groups in total. The molecule has 0 saturated carbocycles. The smallest absolute Gasteiger partial charge is 0.269 e. The third-order valence-electron chi connectivity index (χ3n) is 3.23. The molecule has 0 spiro atoms. The third kappa shape index (κ3) is 3.16. The summed E-state index contributed by atoms with van der Waals surface area (Å²) in [5.74, 6) is 0.749. The van der Waals surface area contributed by atoms with E-state index in [1.807, 2.05) is 36.2 Å².